The maximum absolute atomic E-state index is 13.1. The molecule has 0 saturated carbocycles. The Hall–Kier alpha value is -3.19. The lowest BCUT2D eigenvalue weighted by atomic mass is 10.2. The van der Waals surface area contributed by atoms with Crippen LogP contribution in [0.25, 0.3) is 11.4 Å². The van der Waals surface area contributed by atoms with Gasteiger partial charge in [-0.2, -0.15) is 0 Å². The summed E-state index contributed by atoms with van der Waals surface area (Å²) in [7, 11) is 0. The number of halogens is 2. The van der Waals surface area contributed by atoms with Crippen LogP contribution in [0.2, 0.25) is 5.02 Å². The topological polar surface area (TPSA) is 84.3 Å². The Morgan fingerprint density at radius 1 is 1.19 bits per heavy atom. The second-order valence-electron chi connectivity index (χ2n) is 5.26. The summed E-state index contributed by atoms with van der Waals surface area (Å²) in [6, 6.07) is 10.3. The van der Waals surface area contributed by atoms with Gasteiger partial charge in [-0.05, 0) is 24.3 Å². The maximum atomic E-state index is 13.1. The number of amides is 1. The molecule has 3 rings (SSSR count). The number of aromatic hydroxyl groups is 1. The highest BCUT2D eigenvalue weighted by Crippen LogP contribution is 2.22. The summed E-state index contributed by atoms with van der Waals surface area (Å²) in [6.07, 6.45) is 2.89. The quantitative estimate of drug-likeness (QED) is 0.713. The van der Waals surface area contributed by atoms with E-state index < -0.39 is 11.7 Å². The van der Waals surface area contributed by atoms with E-state index in [4.69, 9.17) is 16.3 Å². The first-order chi connectivity index (χ1) is 12.5. The Bertz CT molecular complexity index is 935. The third-order valence-electron chi connectivity index (χ3n) is 3.30. The van der Waals surface area contributed by atoms with Crippen LogP contribution in [0.3, 0.4) is 0 Å². The van der Waals surface area contributed by atoms with Crippen LogP contribution in [0.15, 0.2) is 54.9 Å². The summed E-state index contributed by atoms with van der Waals surface area (Å²) in [6.45, 7) is -0.281. The number of carbonyl (C=O) groups excluding carboxylic acids is 1. The number of anilines is 1. The lowest BCUT2D eigenvalue weighted by Gasteiger charge is -2.08. The summed E-state index contributed by atoms with van der Waals surface area (Å²) in [5.41, 5.74) is 1.04. The van der Waals surface area contributed by atoms with Gasteiger partial charge in [0.25, 0.3) is 5.91 Å². The van der Waals surface area contributed by atoms with E-state index in [1.54, 1.807) is 18.2 Å². The molecule has 0 bridgehead atoms. The van der Waals surface area contributed by atoms with Crippen molar-refractivity contribution >= 4 is 23.2 Å². The molecule has 6 nitrogen and oxygen atoms in total. The van der Waals surface area contributed by atoms with Gasteiger partial charge in [0.2, 0.25) is 0 Å². The van der Waals surface area contributed by atoms with Crippen molar-refractivity contribution in [3.63, 3.8) is 0 Å². The van der Waals surface area contributed by atoms with Crippen molar-refractivity contribution in [1.82, 2.24) is 9.97 Å². The molecule has 0 fully saturated rings. The molecule has 0 aliphatic heterocycles. The average molecular weight is 374 g/mol. The number of phenolic OH excluding ortho intramolecular Hbond substituents is 1. The standard InChI is InChI=1S/C18H13ClFN3O3/c19-15-7-14(4-5-16(15)20)26-10-17(25)23-12-8-21-18(22-9-12)11-2-1-3-13(24)6-11/h1-9,24H,10H2,(H,23,25). The fourth-order valence-electron chi connectivity index (χ4n) is 2.10. The second kappa shape index (κ2) is 7.79. The molecule has 132 valence electrons. The van der Waals surface area contributed by atoms with Crippen LogP contribution in [0, 0.1) is 5.82 Å². The van der Waals surface area contributed by atoms with Gasteiger partial charge in [0, 0.05) is 11.6 Å². The molecule has 0 unspecified atom stereocenters. The number of rotatable bonds is 5. The van der Waals surface area contributed by atoms with Crippen molar-refractivity contribution in [2.75, 3.05) is 11.9 Å². The van der Waals surface area contributed by atoms with Crippen molar-refractivity contribution in [2.45, 2.75) is 0 Å². The zero-order valence-electron chi connectivity index (χ0n) is 13.3. The van der Waals surface area contributed by atoms with Gasteiger partial charge in [-0.3, -0.25) is 4.79 Å². The zero-order valence-corrected chi connectivity index (χ0v) is 14.1. The molecule has 0 aliphatic rings. The van der Waals surface area contributed by atoms with Gasteiger partial charge in [0.1, 0.15) is 17.3 Å². The van der Waals surface area contributed by atoms with Crippen LogP contribution in [-0.2, 0) is 4.79 Å². The monoisotopic (exact) mass is 373 g/mol. The molecule has 2 aromatic carbocycles. The van der Waals surface area contributed by atoms with Crippen molar-refractivity contribution in [3.8, 4) is 22.9 Å². The second-order valence-corrected chi connectivity index (χ2v) is 5.67. The Labute approximate surface area is 153 Å². The van der Waals surface area contributed by atoms with E-state index >= 15 is 0 Å². The molecule has 2 N–H and O–H groups in total. The predicted molar refractivity (Wildman–Crippen MR) is 94.7 cm³/mol. The molecule has 8 heteroatoms. The molecule has 3 aromatic rings. The Balaban J connectivity index is 1.58. The van der Waals surface area contributed by atoms with Gasteiger partial charge in [0.15, 0.2) is 12.4 Å². The Morgan fingerprint density at radius 3 is 2.65 bits per heavy atom. The number of hydrogen-bond donors (Lipinski definition) is 2. The minimum atomic E-state index is -0.563. The van der Waals surface area contributed by atoms with Crippen molar-refractivity contribution in [3.05, 3.63) is 65.7 Å². The van der Waals surface area contributed by atoms with Gasteiger partial charge in [-0.15, -0.1) is 0 Å². The number of ether oxygens (including phenoxy) is 1. The number of aromatic nitrogens is 2. The van der Waals surface area contributed by atoms with Crippen LogP contribution in [-0.4, -0.2) is 27.6 Å². The predicted octanol–water partition coefficient (Wildman–Crippen LogP) is 3.66. The molecule has 0 atom stereocenters. The van der Waals surface area contributed by atoms with E-state index in [2.05, 4.69) is 15.3 Å². The Kier molecular flexibility index (Phi) is 5.28. The van der Waals surface area contributed by atoms with Gasteiger partial charge in [-0.25, -0.2) is 14.4 Å². The Morgan fingerprint density at radius 2 is 1.96 bits per heavy atom. The number of nitrogens with one attached hydrogen (secondary N) is 1. The maximum Gasteiger partial charge on any atom is 0.262 e. The SMILES string of the molecule is O=C(COc1ccc(F)c(Cl)c1)Nc1cnc(-c2cccc(O)c2)nc1. The van der Waals surface area contributed by atoms with Gasteiger partial charge < -0.3 is 15.2 Å². The van der Waals surface area contributed by atoms with Crippen molar-refractivity contribution < 1.29 is 19.0 Å². The first-order valence-corrected chi connectivity index (χ1v) is 7.88. The highest BCUT2D eigenvalue weighted by atomic mass is 35.5. The third-order valence-corrected chi connectivity index (χ3v) is 3.59. The van der Waals surface area contributed by atoms with E-state index in [1.165, 1.54) is 30.6 Å². The molecule has 1 heterocycles. The molecule has 0 saturated heterocycles. The van der Waals surface area contributed by atoms with E-state index in [9.17, 15) is 14.3 Å². The van der Waals surface area contributed by atoms with E-state index in [0.29, 0.717) is 17.1 Å². The van der Waals surface area contributed by atoms with Crippen LogP contribution in [0.5, 0.6) is 11.5 Å². The van der Waals surface area contributed by atoms with Gasteiger partial charge >= 0.3 is 0 Å². The molecule has 0 radical (unpaired) electrons. The third kappa shape index (κ3) is 4.46. The van der Waals surface area contributed by atoms with Crippen LogP contribution < -0.4 is 10.1 Å². The van der Waals surface area contributed by atoms with Crippen molar-refractivity contribution in [1.29, 1.82) is 0 Å². The molecule has 0 aliphatic carbocycles. The van der Waals surface area contributed by atoms with E-state index in [1.807, 2.05) is 0 Å². The largest absolute Gasteiger partial charge is 0.508 e. The van der Waals surface area contributed by atoms with Crippen molar-refractivity contribution in [2.24, 2.45) is 0 Å². The number of carbonyl (C=O) groups is 1. The van der Waals surface area contributed by atoms with Crippen LogP contribution in [0.4, 0.5) is 10.1 Å². The highest BCUT2D eigenvalue weighted by Gasteiger charge is 2.08. The fourth-order valence-corrected chi connectivity index (χ4v) is 2.27. The van der Waals surface area contributed by atoms with Crippen LogP contribution in [0.1, 0.15) is 0 Å². The first kappa shape index (κ1) is 17.6. The summed E-state index contributed by atoms with van der Waals surface area (Å²) in [5, 5.41) is 12.0. The normalized spacial score (nSPS) is 10.4. The van der Waals surface area contributed by atoms with E-state index in [0.717, 1.165) is 6.07 Å². The molecule has 1 aromatic heterocycles. The number of benzene rings is 2. The zero-order chi connectivity index (χ0) is 18.5. The number of nitrogens with zero attached hydrogens (tertiary/aromatic N) is 2. The first-order valence-electron chi connectivity index (χ1n) is 7.50. The highest BCUT2D eigenvalue weighted by molar-refractivity contribution is 6.30. The number of hydrogen-bond acceptors (Lipinski definition) is 5. The summed E-state index contributed by atoms with van der Waals surface area (Å²) >= 11 is 5.65. The fraction of sp³-hybridized carbons (Fsp3) is 0.0556. The lowest BCUT2D eigenvalue weighted by Crippen LogP contribution is -2.20. The summed E-state index contributed by atoms with van der Waals surface area (Å²) in [5.74, 6) is -0.189. The molecule has 26 heavy (non-hydrogen) atoms. The molecule has 1 amide bonds. The van der Waals surface area contributed by atoms with Crippen LogP contribution >= 0.6 is 11.6 Å². The molecule has 0 spiro atoms. The molecular weight excluding hydrogens is 361 g/mol. The summed E-state index contributed by atoms with van der Waals surface area (Å²) in [4.78, 5) is 20.2. The number of phenols is 1. The average Bonchev–Trinajstić information content (AvgIpc) is 2.63. The minimum absolute atomic E-state index is 0.0844. The van der Waals surface area contributed by atoms with Gasteiger partial charge in [0.05, 0.1) is 23.1 Å². The van der Waals surface area contributed by atoms with E-state index in [-0.39, 0.29) is 23.1 Å². The van der Waals surface area contributed by atoms with Gasteiger partial charge in [-0.1, -0.05) is 23.7 Å². The molecular formula is C18H13ClFN3O3. The summed E-state index contributed by atoms with van der Waals surface area (Å²) < 4.78 is 18.3. The minimum Gasteiger partial charge on any atom is -0.508 e. The smallest absolute Gasteiger partial charge is 0.262 e. The lowest BCUT2D eigenvalue weighted by molar-refractivity contribution is -0.118.